The van der Waals surface area contributed by atoms with Crippen molar-refractivity contribution in [3.8, 4) is 11.5 Å². The number of carbonyl (C=O) groups is 1. The first-order chi connectivity index (χ1) is 16.4. The second-order valence-electron chi connectivity index (χ2n) is 8.96. The fourth-order valence-electron chi connectivity index (χ4n) is 4.35. The molecule has 34 heavy (non-hydrogen) atoms. The summed E-state index contributed by atoms with van der Waals surface area (Å²) in [5, 5.41) is 6.12. The van der Waals surface area contributed by atoms with E-state index in [0.29, 0.717) is 11.4 Å². The molecule has 2 aromatic rings. The molecule has 4 rings (SSSR count). The van der Waals surface area contributed by atoms with Crippen LogP contribution in [0.4, 0.5) is 21.9 Å². The lowest BCUT2D eigenvalue weighted by atomic mass is 10.1. The van der Waals surface area contributed by atoms with Crippen LogP contribution in [0.1, 0.15) is 12.8 Å². The Bertz CT molecular complexity index is 1040. The van der Waals surface area contributed by atoms with E-state index in [4.69, 9.17) is 9.47 Å². The summed E-state index contributed by atoms with van der Waals surface area (Å²) in [6.45, 7) is 5.59. The van der Waals surface area contributed by atoms with Crippen LogP contribution in [0.2, 0.25) is 0 Å². The fraction of sp³-hybridized carbons (Fsp3) is 0.500. The first-order valence-electron chi connectivity index (χ1n) is 11.7. The molecule has 3 heterocycles. The van der Waals surface area contributed by atoms with E-state index in [2.05, 4.69) is 44.4 Å². The monoisotopic (exact) mass is 470 g/mol. The van der Waals surface area contributed by atoms with Gasteiger partial charge in [-0.1, -0.05) is 0 Å². The largest absolute Gasteiger partial charge is 0.495 e. The number of amides is 1. The van der Waals surface area contributed by atoms with Crippen molar-refractivity contribution in [2.45, 2.75) is 18.9 Å². The highest BCUT2D eigenvalue weighted by Crippen LogP contribution is 2.32. The maximum Gasteiger partial charge on any atom is 0.417 e. The van der Waals surface area contributed by atoms with Crippen LogP contribution >= 0.6 is 0 Å². The highest BCUT2D eigenvalue weighted by atomic mass is 16.6. The highest BCUT2D eigenvalue weighted by molar-refractivity contribution is 5.88. The SMILES string of the molecule is COc1ccc(NC(=O)Oc2c(NC3CCN(C)CC3)cc[nH]c2=O)cc1N1CCN(C)CC1. The summed E-state index contributed by atoms with van der Waals surface area (Å²) in [6, 6.07) is 7.40. The molecule has 184 valence electrons. The van der Waals surface area contributed by atoms with Crippen LogP contribution in [0, 0.1) is 0 Å². The second-order valence-corrected chi connectivity index (χ2v) is 8.96. The number of aromatic amines is 1. The van der Waals surface area contributed by atoms with Gasteiger partial charge in [0.15, 0.2) is 0 Å². The molecular weight excluding hydrogens is 436 g/mol. The summed E-state index contributed by atoms with van der Waals surface area (Å²) in [5.74, 6) is 0.708. The number of rotatable bonds is 6. The molecule has 0 bridgehead atoms. The number of hydrogen-bond donors (Lipinski definition) is 3. The van der Waals surface area contributed by atoms with E-state index in [9.17, 15) is 9.59 Å². The van der Waals surface area contributed by atoms with E-state index in [0.717, 1.165) is 63.5 Å². The third kappa shape index (κ3) is 5.81. The van der Waals surface area contributed by atoms with E-state index in [-0.39, 0.29) is 11.8 Å². The molecule has 2 saturated heterocycles. The van der Waals surface area contributed by atoms with E-state index < -0.39 is 11.7 Å². The number of piperidine rings is 1. The van der Waals surface area contributed by atoms with E-state index >= 15 is 0 Å². The Hall–Kier alpha value is -3.24. The van der Waals surface area contributed by atoms with Gasteiger partial charge in [0.2, 0.25) is 5.75 Å². The molecule has 10 nitrogen and oxygen atoms in total. The Morgan fingerprint density at radius 2 is 1.74 bits per heavy atom. The molecule has 0 unspecified atom stereocenters. The molecule has 0 aliphatic carbocycles. The normalized spacial score (nSPS) is 17.9. The maximum absolute atomic E-state index is 12.7. The number of nitrogens with one attached hydrogen (secondary N) is 3. The number of likely N-dealkylation sites (tertiary alicyclic amines) is 1. The quantitative estimate of drug-likeness (QED) is 0.591. The summed E-state index contributed by atoms with van der Waals surface area (Å²) in [5.41, 5.74) is 1.54. The van der Waals surface area contributed by atoms with Crippen molar-refractivity contribution < 1.29 is 14.3 Å². The summed E-state index contributed by atoms with van der Waals surface area (Å²) >= 11 is 0. The number of methoxy groups -OCH3 is 1. The van der Waals surface area contributed by atoms with Gasteiger partial charge in [0.25, 0.3) is 5.56 Å². The van der Waals surface area contributed by atoms with Crippen molar-refractivity contribution in [1.29, 1.82) is 0 Å². The van der Waals surface area contributed by atoms with Gasteiger partial charge in [0, 0.05) is 44.1 Å². The number of pyridine rings is 1. The van der Waals surface area contributed by atoms with Crippen LogP contribution in [-0.2, 0) is 0 Å². The van der Waals surface area contributed by atoms with Gasteiger partial charge in [0.1, 0.15) is 5.75 Å². The molecule has 10 heteroatoms. The summed E-state index contributed by atoms with van der Waals surface area (Å²) in [4.78, 5) is 34.6. The lowest BCUT2D eigenvalue weighted by molar-refractivity contribution is 0.214. The Morgan fingerprint density at radius 1 is 1.03 bits per heavy atom. The van der Waals surface area contributed by atoms with Crippen molar-refractivity contribution in [2.75, 3.05) is 76.0 Å². The lowest BCUT2D eigenvalue weighted by Gasteiger charge is -2.34. The van der Waals surface area contributed by atoms with Gasteiger partial charge >= 0.3 is 6.09 Å². The first kappa shape index (κ1) is 23.9. The number of likely N-dealkylation sites (N-methyl/N-ethyl adjacent to an activating group) is 1. The van der Waals surface area contributed by atoms with Gasteiger partial charge in [-0.15, -0.1) is 0 Å². The Kier molecular flexibility index (Phi) is 7.59. The molecule has 0 atom stereocenters. The van der Waals surface area contributed by atoms with Gasteiger partial charge in [0.05, 0.1) is 18.5 Å². The van der Waals surface area contributed by atoms with Crippen LogP contribution in [0.25, 0.3) is 0 Å². The lowest BCUT2D eigenvalue weighted by Crippen LogP contribution is -2.44. The van der Waals surface area contributed by atoms with E-state index in [1.54, 1.807) is 25.4 Å². The number of benzene rings is 1. The molecule has 0 spiro atoms. The smallest absolute Gasteiger partial charge is 0.417 e. The predicted molar refractivity (Wildman–Crippen MR) is 134 cm³/mol. The zero-order valence-electron chi connectivity index (χ0n) is 20.1. The van der Waals surface area contributed by atoms with E-state index in [1.165, 1.54) is 0 Å². The third-order valence-electron chi connectivity index (χ3n) is 6.46. The maximum atomic E-state index is 12.7. The van der Waals surface area contributed by atoms with Crippen LogP contribution in [0.3, 0.4) is 0 Å². The van der Waals surface area contributed by atoms with E-state index in [1.807, 2.05) is 12.1 Å². The van der Waals surface area contributed by atoms with Crippen LogP contribution in [-0.4, -0.2) is 87.4 Å². The molecule has 2 aliphatic heterocycles. The van der Waals surface area contributed by atoms with Gasteiger partial charge in [-0.3, -0.25) is 10.1 Å². The number of aromatic nitrogens is 1. The van der Waals surface area contributed by atoms with Gasteiger partial charge in [-0.05, 0) is 64.3 Å². The number of H-pyrrole nitrogens is 1. The Balaban J connectivity index is 1.46. The minimum absolute atomic E-state index is 0.0354. The molecule has 3 N–H and O–H groups in total. The number of anilines is 3. The first-order valence-corrected chi connectivity index (χ1v) is 11.7. The molecule has 0 saturated carbocycles. The minimum Gasteiger partial charge on any atom is -0.495 e. The molecule has 1 aromatic heterocycles. The zero-order valence-corrected chi connectivity index (χ0v) is 20.1. The van der Waals surface area contributed by atoms with Crippen molar-refractivity contribution in [1.82, 2.24) is 14.8 Å². The Labute approximate surface area is 199 Å². The van der Waals surface area contributed by atoms with Crippen molar-refractivity contribution in [3.63, 3.8) is 0 Å². The third-order valence-corrected chi connectivity index (χ3v) is 6.46. The van der Waals surface area contributed by atoms with Gasteiger partial charge < -0.3 is 34.5 Å². The highest BCUT2D eigenvalue weighted by Gasteiger charge is 2.21. The molecule has 1 amide bonds. The molecule has 1 aromatic carbocycles. The van der Waals surface area contributed by atoms with Crippen molar-refractivity contribution >= 4 is 23.2 Å². The van der Waals surface area contributed by atoms with Gasteiger partial charge in [-0.25, -0.2) is 4.79 Å². The van der Waals surface area contributed by atoms with Crippen molar-refractivity contribution in [3.05, 3.63) is 40.8 Å². The average molecular weight is 471 g/mol. The predicted octanol–water partition coefficient (Wildman–Crippen LogP) is 2.25. The number of carbonyl (C=O) groups excluding carboxylic acids is 1. The fourth-order valence-corrected chi connectivity index (χ4v) is 4.35. The topological polar surface area (TPSA) is 102 Å². The minimum atomic E-state index is -0.724. The summed E-state index contributed by atoms with van der Waals surface area (Å²) in [7, 11) is 5.83. The zero-order chi connectivity index (χ0) is 24.1. The van der Waals surface area contributed by atoms with Crippen LogP contribution < -0.4 is 30.6 Å². The van der Waals surface area contributed by atoms with Crippen molar-refractivity contribution in [2.24, 2.45) is 0 Å². The van der Waals surface area contributed by atoms with Crippen LogP contribution in [0.5, 0.6) is 11.5 Å². The Morgan fingerprint density at radius 3 is 2.44 bits per heavy atom. The molecular formula is C24H34N6O4. The van der Waals surface area contributed by atoms with Gasteiger partial charge in [-0.2, -0.15) is 0 Å². The number of ether oxygens (including phenoxy) is 2. The summed E-state index contributed by atoms with van der Waals surface area (Å²) < 4.78 is 11.0. The summed E-state index contributed by atoms with van der Waals surface area (Å²) in [6.07, 6.45) is 2.74. The van der Waals surface area contributed by atoms with Crippen LogP contribution in [0.15, 0.2) is 35.3 Å². The molecule has 2 fully saturated rings. The number of hydrogen-bond acceptors (Lipinski definition) is 8. The second kappa shape index (κ2) is 10.8. The molecule has 0 radical (unpaired) electrons. The number of nitrogens with zero attached hydrogens (tertiary/aromatic N) is 3. The number of piperazine rings is 1. The average Bonchev–Trinajstić information content (AvgIpc) is 2.83. The standard InChI is InChI=1S/C24H34N6O4/c1-28-10-7-17(8-11-28)26-19-6-9-25-23(31)22(19)34-24(32)27-18-4-5-21(33-3)20(16-18)30-14-12-29(2)13-15-30/h4-6,9,16-17H,7-8,10-15H2,1-3H3,(H,27,32)(H2,25,26,31). The molecule has 2 aliphatic rings.